The molecule has 0 spiro atoms. The molecule has 0 amide bonds. The second-order valence-electron chi connectivity index (χ2n) is 6.50. The third-order valence-electron chi connectivity index (χ3n) is 4.56. The molecule has 1 aromatic carbocycles. The molecule has 1 aliphatic rings. The van der Waals surface area contributed by atoms with E-state index < -0.39 is 0 Å². The summed E-state index contributed by atoms with van der Waals surface area (Å²) in [6, 6.07) is 9.00. The Hall–Kier alpha value is -1.02. The van der Waals surface area contributed by atoms with Crippen LogP contribution in [0.2, 0.25) is 0 Å². The van der Waals surface area contributed by atoms with E-state index in [9.17, 15) is 0 Å². The van der Waals surface area contributed by atoms with Gasteiger partial charge in [0.2, 0.25) is 0 Å². The van der Waals surface area contributed by atoms with E-state index in [1.165, 1.54) is 44.1 Å². The molecule has 1 fully saturated rings. The first kappa shape index (κ1) is 16.4. The Morgan fingerprint density at radius 1 is 1.10 bits per heavy atom. The maximum absolute atomic E-state index is 6.33. The van der Waals surface area contributed by atoms with Crippen molar-refractivity contribution in [1.29, 1.82) is 0 Å². The van der Waals surface area contributed by atoms with Gasteiger partial charge < -0.3 is 10.1 Å². The molecule has 1 aliphatic carbocycles. The zero-order chi connectivity index (χ0) is 15.1. The minimum atomic E-state index is 0.324. The van der Waals surface area contributed by atoms with Gasteiger partial charge in [-0.1, -0.05) is 44.4 Å². The van der Waals surface area contributed by atoms with Crippen molar-refractivity contribution in [2.45, 2.75) is 71.4 Å². The molecule has 2 rings (SSSR count). The molecule has 0 aromatic heterocycles. The molecule has 0 bridgehead atoms. The summed E-state index contributed by atoms with van der Waals surface area (Å²) in [5.74, 6) is 1.86. The van der Waals surface area contributed by atoms with Crippen LogP contribution < -0.4 is 10.1 Å². The van der Waals surface area contributed by atoms with Crippen molar-refractivity contribution in [2.24, 2.45) is 5.92 Å². The normalized spacial score (nSPS) is 25.8. The van der Waals surface area contributed by atoms with E-state index in [2.05, 4.69) is 50.4 Å². The van der Waals surface area contributed by atoms with Gasteiger partial charge in [-0.15, -0.1) is 0 Å². The average molecular weight is 289 g/mol. The molecule has 3 unspecified atom stereocenters. The van der Waals surface area contributed by atoms with Crippen LogP contribution in [0.25, 0.3) is 0 Å². The van der Waals surface area contributed by atoms with Gasteiger partial charge in [0, 0.05) is 6.04 Å². The highest BCUT2D eigenvalue weighted by molar-refractivity contribution is 5.26. The van der Waals surface area contributed by atoms with Crippen LogP contribution in [0.3, 0.4) is 0 Å². The number of rotatable bonds is 7. The highest BCUT2D eigenvalue weighted by Crippen LogP contribution is 2.31. The Morgan fingerprint density at radius 3 is 2.52 bits per heavy atom. The van der Waals surface area contributed by atoms with Crippen LogP contribution in [0, 0.1) is 12.8 Å². The molecule has 0 heterocycles. The molecule has 2 heteroatoms. The number of benzene rings is 1. The van der Waals surface area contributed by atoms with E-state index in [0.29, 0.717) is 12.1 Å². The summed E-state index contributed by atoms with van der Waals surface area (Å²) in [7, 11) is 0. The predicted molar refractivity (Wildman–Crippen MR) is 89.9 cm³/mol. The van der Waals surface area contributed by atoms with Crippen molar-refractivity contribution in [1.82, 2.24) is 5.32 Å². The Labute approximate surface area is 130 Å². The highest BCUT2D eigenvalue weighted by atomic mass is 16.5. The van der Waals surface area contributed by atoms with Gasteiger partial charge in [0.05, 0.1) is 0 Å². The number of hydrogen-bond acceptors (Lipinski definition) is 2. The highest BCUT2D eigenvalue weighted by Gasteiger charge is 2.31. The van der Waals surface area contributed by atoms with Crippen LogP contribution in [0.1, 0.15) is 57.9 Å². The number of aryl methyl sites for hydroxylation is 1. The standard InChI is InChI=1S/C19H31NO/c1-4-6-16-9-12-18(20-13-5-2)19(14-16)21-17-10-7-15(3)8-11-17/h7-8,10-11,16,18-20H,4-6,9,12-14H2,1-3H3. The lowest BCUT2D eigenvalue weighted by atomic mass is 9.81. The van der Waals surface area contributed by atoms with Crippen LogP contribution in [0.5, 0.6) is 5.75 Å². The van der Waals surface area contributed by atoms with Gasteiger partial charge in [-0.25, -0.2) is 0 Å². The minimum Gasteiger partial charge on any atom is -0.489 e. The van der Waals surface area contributed by atoms with Gasteiger partial charge in [-0.3, -0.25) is 0 Å². The van der Waals surface area contributed by atoms with Gasteiger partial charge >= 0.3 is 0 Å². The van der Waals surface area contributed by atoms with Gasteiger partial charge in [-0.2, -0.15) is 0 Å². The summed E-state index contributed by atoms with van der Waals surface area (Å²) in [4.78, 5) is 0. The zero-order valence-corrected chi connectivity index (χ0v) is 13.9. The molecule has 21 heavy (non-hydrogen) atoms. The summed E-state index contributed by atoms with van der Waals surface area (Å²) in [6.07, 6.45) is 7.94. The maximum atomic E-state index is 6.33. The number of ether oxygens (including phenoxy) is 1. The van der Waals surface area contributed by atoms with E-state index in [4.69, 9.17) is 4.74 Å². The van der Waals surface area contributed by atoms with Crippen molar-refractivity contribution in [2.75, 3.05) is 6.54 Å². The Balaban J connectivity index is 1.99. The molecule has 118 valence electrons. The van der Waals surface area contributed by atoms with E-state index in [1.807, 2.05) is 0 Å². The van der Waals surface area contributed by atoms with Crippen molar-refractivity contribution < 1.29 is 4.74 Å². The second-order valence-corrected chi connectivity index (χ2v) is 6.50. The molecule has 1 saturated carbocycles. The lowest BCUT2D eigenvalue weighted by molar-refractivity contribution is 0.0833. The Kier molecular flexibility index (Phi) is 6.56. The first-order chi connectivity index (χ1) is 10.2. The molecule has 0 aliphatic heterocycles. The summed E-state index contributed by atoms with van der Waals surface area (Å²) in [6.45, 7) is 7.73. The summed E-state index contributed by atoms with van der Waals surface area (Å²) in [5, 5.41) is 3.69. The van der Waals surface area contributed by atoms with Gasteiger partial charge in [0.1, 0.15) is 11.9 Å². The third kappa shape index (κ3) is 5.03. The van der Waals surface area contributed by atoms with Gasteiger partial charge in [0.25, 0.3) is 0 Å². The largest absolute Gasteiger partial charge is 0.489 e. The van der Waals surface area contributed by atoms with E-state index in [1.54, 1.807) is 0 Å². The molecule has 3 atom stereocenters. The molecular formula is C19H31NO. The van der Waals surface area contributed by atoms with Crippen LogP contribution in [-0.4, -0.2) is 18.7 Å². The van der Waals surface area contributed by atoms with E-state index >= 15 is 0 Å². The first-order valence-electron chi connectivity index (χ1n) is 8.69. The monoisotopic (exact) mass is 289 g/mol. The Bertz CT molecular complexity index is 401. The molecule has 0 radical (unpaired) electrons. The van der Waals surface area contributed by atoms with Gasteiger partial charge in [-0.05, 0) is 57.2 Å². The topological polar surface area (TPSA) is 21.3 Å². The van der Waals surface area contributed by atoms with Crippen molar-refractivity contribution in [3.63, 3.8) is 0 Å². The quantitative estimate of drug-likeness (QED) is 0.785. The maximum Gasteiger partial charge on any atom is 0.119 e. The predicted octanol–water partition coefficient (Wildman–Crippen LogP) is 4.71. The zero-order valence-electron chi connectivity index (χ0n) is 13.9. The summed E-state index contributed by atoms with van der Waals surface area (Å²) < 4.78 is 6.33. The van der Waals surface area contributed by atoms with Crippen LogP contribution >= 0.6 is 0 Å². The lowest BCUT2D eigenvalue weighted by Crippen LogP contribution is -2.47. The van der Waals surface area contributed by atoms with Crippen LogP contribution in [-0.2, 0) is 0 Å². The summed E-state index contributed by atoms with van der Waals surface area (Å²) in [5.41, 5.74) is 1.29. The van der Waals surface area contributed by atoms with E-state index in [-0.39, 0.29) is 0 Å². The number of hydrogen-bond donors (Lipinski definition) is 1. The minimum absolute atomic E-state index is 0.324. The third-order valence-corrected chi connectivity index (χ3v) is 4.56. The molecule has 0 saturated heterocycles. The summed E-state index contributed by atoms with van der Waals surface area (Å²) >= 11 is 0. The smallest absolute Gasteiger partial charge is 0.119 e. The fourth-order valence-electron chi connectivity index (χ4n) is 3.37. The van der Waals surface area contributed by atoms with Gasteiger partial charge in [0.15, 0.2) is 0 Å². The fourth-order valence-corrected chi connectivity index (χ4v) is 3.37. The second kappa shape index (κ2) is 8.43. The van der Waals surface area contributed by atoms with E-state index in [0.717, 1.165) is 18.2 Å². The molecule has 1 aromatic rings. The Morgan fingerprint density at radius 2 is 1.86 bits per heavy atom. The SMILES string of the molecule is CCCNC1CCC(CCC)CC1Oc1ccc(C)cc1. The molecule has 2 nitrogen and oxygen atoms in total. The first-order valence-corrected chi connectivity index (χ1v) is 8.69. The fraction of sp³-hybridized carbons (Fsp3) is 0.684. The van der Waals surface area contributed by atoms with Crippen LogP contribution in [0.4, 0.5) is 0 Å². The number of nitrogens with one attached hydrogen (secondary N) is 1. The van der Waals surface area contributed by atoms with Crippen molar-refractivity contribution in [3.05, 3.63) is 29.8 Å². The average Bonchev–Trinajstić information content (AvgIpc) is 2.49. The van der Waals surface area contributed by atoms with Crippen LogP contribution in [0.15, 0.2) is 24.3 Å². The molecular weight excluding hydrogens is 258 g/mol. The van der Waals surface area contributed by atoms with Crippen molar-refractivity contribution in [3.8, 4) is 5.75 Å². The van der Waals surface area contributed by atoms with Crippen molar-refractivity contribution >= 4 is 0 Å². The molecule has 1 N–H and O–H groups in total. The lowest BCUT2D eigenvalue weighted by Gasteiger charge is -2.37.